The fourth-order valence-corrected chi connectivity index (χ4v) is 1.37. The zero-order valence-corrected chi connectivity index (χ0v) is 10.2. The van der Waals surface area contributed by atoms with Crippen LogP contribution in [0, 0.1) is 5.92 Å². The van der Waals surface area contributed by atoms with Crippen LogP contribution in [0.15, 0.2) is 22.7 Å². The first-order valence-electron chi connectivity index (χ1n) is 4.82. The molecular weight excluding hydrogens is 242 g/mol. The molecular formula is C11H16BrNO. The number of anilines is 1. The van der Waals surface area contributed by atoms with Crippen molar-refractivity contribution in [2.45, 2.75) is 20.3 Å². The van der Waals surface area contributed by atoms with Crippen molar-refractivity contribution in [1.29, 1.82) is 0 Å². The molecule has 1 aromatic carbocycles. The lowest BCUT2D eigenvalue weighted by Crippen LogP contribution is -2.07. The lowest BCUT2D eigenvalue weighted by Gasteiger charge is -2.12. The van der Waals surface area contributed by atoms with Gasteiger partial charge in [-0.1, -0.05) is 26.3 Å². The van der Waals surface area contributed by atoms with Crippen LogP contribution >= 0.6 is 15.9 Å². The largest absolute Gasteiger partial charge is 0.492 e. The number of benzene rings is 1. The summed E-state index contributed by atoms with van der Waals surface area (Å²) in [4.78, 5) is 0. The molecule has 2 nitrogen and oxygen atoms in total. The van der Waals surface area contributed by atoms with Gasteiger partial charge in [0.15, 0.2) is 0 Å². The third-order valence-electron chi connectivity index (χ3n) is 2.21. The molecule has 0 radical (unpaired) electrons. The number of hydrogen-bond acceptors (Lipinski definition) is 2. The molecule has 0 aliphatic heterocycles. The molecule has 1 aromatic rings. The number of nitrogen functional groups attached to an aromatic ring is 1. The van der Waals surface area contributed by atoms with Gasteiger partial charge < -0.3 is 10.5 Å². The van der Waals surface area contributed by atoms with Crippen LogP contribution in [0.3, 0.4) is 0 Å². The molecule has 0 aliphatic carbocycles. The van der Waals surface area contributed by atoms with Gasteiger partial charge >= 0.3 is 0 Å². The summed E-state index contributed by atoms with van der Waals surface area (Å²) >= 11 is 3.40. The molecule has 78 valence electrons. The Bertz CT molecular complexity index is 301. The number of rotatable bonds is 4. The maximum Gasteiger partial charge on any atom is 0.135 e. The Balaban J connectivity index is 2.63. The first-order valence-corrected chi connectivity index (χ1v) is 5.61. The van der Waals surface area contributed by atoms with E-state index in [0.717, 1.165) is 23.2 Å². The van der Waals surface area contributed by atoms with Gasteiger partial charge in [0.1, 0.15) is 5.75 Å². The van der Waals surface area contributed by atoms with Crippen molar-refractivity contribution in [3.05, 3.63) is 22.7 Å². The Morgan fingerprint density at radius 1 is 1.50 bits per heavy atom. The minimum absolute atomic E-state index is 0.573. The molecule has 0 amide bonds. The Labute approximate surface area is 93.6 Å². The van der Waals surface area contributed by atoms with Crippen LogP contribution < -0.4 is 10.5 Å². The molecule has 0 heterocycles. The third-order valence-corrected chi connectivity index (χ3v) is 3.06. The summed E-state index contributed by atoms with van der Waals surface area (Å²) in [6.45, 7) is 5.06. The van der Waals surface area contributed by atoms with Gasteiger partial charge in [0.25, 0.3) is 0 Å². The highest BCUT2D eigenvalue weighted by Gasteiger charge is 2.05. The fraction of sp³-hybridized carbons (Fsp3) is 0.455. The zero-order valence-electron chi connectivity index (χ0n) is 8.59. The van der Waals surface area contributed by atoms with Gasteiger partial charge in [-0.25, -0.2) is 0 Å². The maximum atomic E-state index is 5.73. The highest BCUT2D eigenvalue weighted by Crippen LogP contribution is 2.30. The number of halogens is 1. The van der Waals surface area contributed by atoms with E-state index in [9.17, 15) is 0 Å². The average Bonchev–Trinajstić information content (AvgIpc) is 2.20. The van der Waals surface area contributed by atoms with E-state index in [-0.39, 0.29) is 0 Å². The van der Waals surface area contributed by atoms with Crippen LogP contribution in [0.1, 0.15) is 20.3 Å². The average molecular weight is 258 g/mol. The number of ether oxygens (including phenoxy) is 1. The Hall–Kier alpha value is -0.700. The molecule has 0 saturated carbocycles. The Morgan fingerprint density at radius 3 is 2.86 bits per heavy atom. The molecule has 0 bridgehead atoms. The van der Waals surface area contributed by atoms with Gasteiger partial charge in [-0.15, -0.1) is 0 Å². The monoisotopic (exact) mass is 257 g/mol. The lowest BCUT2D eigenvalue weighted by molar-refractivity contribution is 0.255. The van der Waals surface area contributed by atoms with Crippen molar-refractivity contribution in [3.63, 3.8) is 0 Å². The second-order valence-electron chi connectivity index (χ2n) is 3.48. The van der Waals surface area contributed by atoms with Gasteiger partial charge in [0.05, 0.1) is 11.1 Å². The lowest BCUT2D eigenvalue weighted by atomic mass is 10.1. The first kappa shape index (κ1) is 11.4. The molecule has 3 heteroatoms. The Morgan fingerprint density at radius 2 is 2.21 bits per heavy atom. The minimum Gasteiger partial charge on any atom is -0.492 e. The number of nitrogens with two attached hydrogens (primary N) is 1. The van der Waals surface area contributed by atoms with E-state index < -0.39 is 0 Å². The van der Waals surface area contributed by atoms with Gasteiger partial charge in [-0.2, -0.15) is 0 Å². The maximum absolute atomic E-state index is 5.73. The van der Waals surface area contributed by atoms with Crippen LogP contribution in [0.4, 0.5) is 5.69 Å². The van der Waals surface area contributed by atoms with E-state index in [0.29, 0.717) is 11.6 Å². The molecule has 1 unspecified atom stereocenters. The fourth-order valence-electron chi connectivity index (χ4n) is 0.989. The van der Waals surface area contributed by atoms with E-state index >= 15 is 0 Å². The predicted molar refractivity (Wildman–Crippen MR) is 63.5 cm³/mol. The summed E-state index contributed by atoms with van der Waals surface area (Å²) < 4.78 is 6.49. The summed E-state index contributed by atoms with van der Waals surface area (Å²) in [5.41, 5.74) is 6.45. The van der Waals surface area contributed by atoms with Crippen molar-refractivity contribution < 1.29 is 4.74 Å². The normalized spacial score (nSPS) is 12.5. The molecule has 0 aromatic heterocycles. The predicted octanol–water partition coefficient (Wildman–Crippen LogP) is 3.46. The first-order chi connectivity index (χ1) is 6.65. The van der Waals surface area contributed by atoms with Crippen LogP contribution in [0.5, 0.6) is 5.75 Å². The molecule has 14 heavy (non-hydrogen) atoms. The van der Waals surface area contributed by atoms with Gasteiger partial charge in [-0.05, 0) is 34.0 Å². The van der Waals surface area contributed by atoms with Crippen LogP contribution in [0.25, 0.3) is 0 Å². The van der Waals surface area contributed by atoms with E-state index in [1.165, 1.54) is 0 Å². The van der Waals surface area contributed by atoms with E-state index in [2.05, 4.69) is 29.8 Å². The molecule has 0 aliphatic rings. The summed E-state index contributed by atoms with van der Waals surface area (Å²) in [5.74, 6) is 1.40. The van der Waals surface area contributed by atoms with Crippen LogP contribution in [-0.4, -0.2) is 6.61 Å². The van der Waals surface area contributed by atoms with Crippen molar-refractivity contribution in [1.82, 2.24) is 0 Å². The summed E-state index contributed by atoms with van der Waals surface area (Å²) in [6.07, 6.45) is 1.12. The van der Waals surface area contributed by atoms with E-state index in [1.807, 2.05) is 18.2 Å². The molecule has 0 fully saturated rings. The SMILES string of the molecule is CCC(C)COc1cccc(N)c1Br. The highest BCUT2D eigenvalue weighted by molar-refractivity contribution is 9.10. The molecule has 2 N–H and O–H groups in total. The van der Waals surface area contributed by atoms with E-state index in [4.69, 9.17) is 10.5 Å². The van der Waals surface area contributed by atoms with Gasteiger partial charge in [-0.3, -0.25) is 0 Å². The van der Waals surface area contributed by atoms with Crippen molar-refractivity contribution in [3.8, 4) is 5.75 Å². The summed E-state index contributed by atoms with van der Waals surface area (Å²) in [7, 11) is 0. The van der Waals surface area contributed by atoms with Gasteiger partial charge in [0, 0.05) is 5.69 Å². The third kappa shape index (κ3) is 2.91. The van der Waals surface area contributed by atoms with Gasteiger partial charge in [0.2, 0.25) is 0 Å². The van der Waals surface area contributed by atoms with E-state index in [1.54, 1.807) is 0 Å². The van der Waals surface area contributed by atoms with Crippen molar-refractivity contribution >= 4 is 21.6 Å². The standard InChI is InChI=1S/C11H16BrNO/c1-3-8(2)7-14-10-6-4-5-9(13)11(10)12/h4-6,8H,3,7,13H2,1-2H3. The van der Waals surface area contributed by atoms with Crippen LogP contribution in [0.2, 0.25) is 0 Å². The second-order valence-corrected chi connectivity index (χ2v) is 4.28. The molecule has 0 spiro atoms. The number of hydrogen-bond donors (Lipinski definition) is 1. The quantitative estimate of drug-likeness (QED) is 0.839. The second kappa shape index (κ2) is 5.25. The zero-order chi connectivity index (χ0) is 10.6. The van der Waals surface area contributed by atoms with Crippen LogP contribution in [-0.2, 0) is 0 Å². The summed E-state index contributed by atoms with van der Waals surface area (Å²) in [5, 5.41) is 0. The van der Waals surface area contributed by atoms with Crippen molar-refractivity contribution in [2.75, 3.05) is 12.3 Å². The Kier molecular flexibility index (Phi) is 4.26. The summed E-state index contributed by atoms with van der Waals surface area (Å²) in [6, 6.07) is 5.66. The molecule has 1 atom stereocenters. The van der Waals surface area contributed by atoms with Crippen molar-refractivity contribution in [2.24, 2.45) is 5.92 Å². The minimum atomic E-state index is 0.573. The highest BCUT2D eigenvalue weighted by atomic mass is 79.9. The smallest absolute Gasteiger partial charge is 0.135 e. The molecule has 0 saturated heterocycles. The topological polar surface area (TPSA) is 35.2 Å². The molecule has 1 rings (SSSR count).